The molecule has 1 fully saturated rings. The van der Waals surface area contributed by atoms with E-state index in [0.717, 1.165) is 18.3 Å². The van der Waals surface area contributed by atoms with Crippen LogP contribution >= 0.6 is 0 Å². The van der Waals surface area contributed by atoms with Gasteiger partial charge >= 0.3 is 0 Å². The summed E-state index contributed by atoms with van der Waals surface area (Å²) < 4.78 is 2.24. The molecule has 1 aliphatic rings. The van der Waals surface area contributed by atoms with Gasteiger partial charge in [-0.3, -0.25) is 4.57 Å². The number of rotatable bonds is 5. The Kier molecular flexibility index (Phi) is 4.39. The Morgan fingerprint density at radius 3 is 2.67 bits per heavy atom. The van der Waals surface area contributed by atoms with Gasteiger partial charge in [-0.25, -0.2) is 4.98 Å². The molecule has 1 aliphatic carbocycles. The second-order valence-electron chi connectivity index (χ2n) is 6.18. The van der Waals surface area contributed by atoms with Gasteiger partial charge in [-0.15, -0.1) is 0 Å². The van der Waals surface area contributed by atoms with Gasteiger partial charge in [0, 0.05) is 18.3 Å². The third-order valence-electron chi connectivity index (χ3n) is 4.74. The van der Waals surface area contributed by atoms with Gasteiger partial charge in [0.1, 0.15) is 5.82 Å². The summed E-state index contributed by atoms with van der Waals surface area (Å²) in [5.74, 6) is 1.89. The van der Waals surface area contributed by atoms with E-state index in [4.69, 9.17) is 0 Å². The fourth-order valence-electron chi connectivity index (χ4n) is 3.44. The Labute approximate surface area is 127 Å². The molecule has 21 heavy (non-hydrogen) atoms. The average molecular weight is 283 g/mol. The molecular formula is C18H25N3. The van der Waals surface area contributed by atoms with Crippen molar-refractivity contribution in [1.29, 1.82) is 0 Å². The zero-order valence-electron chi connectivity index (χ0n) is 13.0. The van der Waals surface area contributed by atoms with Gasteiger partial charge in [-0.2, -0.15) is 0 Å². The number of hydrogen-bond acceptors (Lipinski definition) is 2. The van der Waals surface area contributed by atoms with Crippen molar-refractivity contribution in [3.63, 3.8) is 0 Å². The zero-order valence-corrected chi connectivity index (χ0v) is 13.0. The lowest BCUT2D eigenvalue weighted by Crippen LogP contribution is -2.32. The summed E-state index contributed by atoms with van der Waals surface area (Å²) >= 11 is 0. The molecule has 1 atom stereocenters. The lowest BCUT2D eigenvalue weighted by molar-refractivity contribution is 0.378. The molecule has 1 heterocycles. The number of imidazole rings is 1. The van der Waals surface area contributed by atoms with Crippen LogP contribution in [0.25, 0.3) is 5.69 Å². The lowest BCUT2D eigenvalue weighted by atomic mass is 10.00. The summed E-state index contributed by atoms with van der Waals surface area (Å²) in [4.78, 5) is 4.49. The third-order valence-corrected chi connectivity index (χ3v) is 4.74. The van der Waals surface area contributed by atoms with Crippen LogP contribution in [0, 0.1) is 12.8 Å². The van der Waals surface area contributed by atoms with Gasteiger partial charge in [-0.1, -0.05) is 31.0 Å². The molecule has 3 rings (SSSR count). The first-order chi connectivity index (χ1) is 10.3. The molecule has 1 N–H and O–H groups in total. The molecule has 1 saturated carbocycles. The third kappa shape index (κ3) is 3.18. The quantitative estimate of drug-likeness (QED) is 0.903. The number of hydrogen-bond donors (Lipinski definition) is 1. The summed E-state index contributed by atoms with van der Waals surface area (Å²) in [7, 11) is 0. The number of aryl methyl sites for hydroxylation is 1. The standard InChI is InChI=1S/C18H25N3/c1-14(16-8-6-7-9-16)19-12-18-13-20-15(2)21(18)17-10-4-3-5-11-17/h3-5,10-11,13-14,16,19H,6-9,12H2,1-2H3/t14-/m0/s1. The topological polar surface area (TPSA) is 29.9 Å². The van der Waals surface area contributed by atoms with E-state index in [-0.39, 0.29) is 0 Å². The van der Waals surface area contributed by atoms with Gasteiger partial charge in [0.05, 0.1) is 11.9 Å². The van der Waals surface area contributed by atoms with E-state index in [1.165, 1.54) is 37.1 Å². The molecule has 2 aromatic rings. The highest BCUT2D eigenvalue weighted by molar-refractivity contribution is 5.35. The van der Waals surface area contributed by atoms with Crippen LogP contribution in [0.3, 0.4) is 0 Å². The zero-order chi connectivity index (χ0) is 14.7. The summed E-state index contributed by atoms with van der Waals surface area (Å²) in [6, 6.07) is 11.1. The molecule has 0 radical (unpaired) electrons. The molecule has 1 aromatic heterocycles. The van der Waals surface area contributed by atoms with E-state index < -0.39 is 0 Å². The molecule has 0 amide bonds. The molecule has 0 saturated heterocycles. The minimum atomic E-state index is 0.590. The first-order valence-electron chi connectivity index (χ1n) is 8.07. The van der Waals surface area contributed by atoms with Crippen molar-refractivity contribution in [3.05, 3.63) is 48.0 Å². The Morgan fingerprint density at radius 2 is 1.95 bits per heavy atom. The van der Waals surface area contributed by atoms with Crippen LogP contribution in [0.2, 0.25) is 0 Å². The molecule has 0 unspecified atom stereocenters. The monoisotopic (exact) mass is 283 g/mol. The van der Waals surface area contributed by atoms with Crippen molar-refractivity contribution in [2.45, 2.75) is 52.1 Å². The molecule has 1 aromatic carbocycles. The van der Waals surface area contributed by atoms with Crippen LogP contribution < -0.4 is 5.32 Å². The Morgan fingerprint density at radius 1 is 1.24 bits per heavy atom. The molecule has 0 aliphatic heterocycles. The van der Waals surface area contributed by atoms with Crippen molar-refractivity contribution in [2.24, 2.45) is 5.92 Å². The summed E-state index contributed by atoms with van der Waals surface area (Å²) in [6.45, 7) is 5.27. The Hall–Kier alpha value is -1.61. The average Bonchev–Trinajstić information content (AvgIpc) is 3.15. The largest absolute Gasteiger partial charge is 0.308 e. The van der Waals surface area contributed by atoms with Crippen LogP contribution in [0.1, 0.15) is 44.1 Å². The highest BCUT2D eigenvalue weighted by Crippen LogP contribution is 2.27. The second-order valence-corrected chi connectivity index (χ2v) is 6.18. The maximum Gasteiger partial charge on any atom is 0.110 e. The summed E-state index contributed by atoms with van der Waals surface area (Å²) in [5.41, 5.74) is 2.43. The maximum absolute atomic E-state index is 4.49. The maximum atomic E-state index is 4.49. The van der Waals surface area contributed by atoms with E-state index in [1.54, 1.807) is 0 Å². The first-order valence-corrected chi connectivity index (χ1v) is 8.07. The molecule has 3 heteroatoms. The van der Waals surface area contributed by atoms with Crippen molar-refractivity contribution >= 4 is 0 Å². The normalized spacial score (nSPS) is 17.2. The predicted molar refractivity (Wildman–Crippen MR) is 86.6 cm³/mol. The van der Waals surface area contributed by atoms with Gasteiger partial charge in [0.15, 0.2) is 0 Å². The van der Waals surface area contributed by atoms with Crippen LogP contribution in [0.4, 0.5) is 0 Å². The van der Waals surface area contributed by atoms with Gasteiger partial charge in [0.2, 0.25) is 0 Å². The molecule has 0 bridgehead atoms. The van der Waals surface area contributed by atoms with Gasteiger partial charge in [0.25, 0.3) is 0 Å². The fraction of sp³-hybridized carbons (Fsp3) is 0.500. The van der Waals surface area contributed by atoms with Crippen molar-refractivity contribution in [1.82, 2.24) is 14.9 Å². The van der Waals surface area contributed by atoms with E-state index in [9.17, 15) is 0 Å². The molecule has 3 nitrogen and oxygen atoms in total. The van der Waals surface area contributed by atoms with Crippen LogP contribution in [0.5, 0.6) is 0 Å². The van der Waals surface area contributed by atoms with E-state index in [2.05, 4.69) is 59.0 Å². The SMILES string of the molecule is Cc1ncc(CN[C@@H](C)C2CCCC2)n1-c1ccccc1. The number of nitrogens with one attached hydrogen (secondary N) is 1. The summed E-state index contributed by atoms with van der Waals surface area (Å²) in [5, 5.41) is 3.70. The smallest absolute Gasteiger partial charge is 0.110 e. The Balaban J connectivity index is 1.71. The number of para-hydroxylation sites is 1. The van der Waals surface area contributed by atoms with Crippen LogP contribution in [-0.4, -0.2) is 15.6 Å². The number of aromatic nitrogens is 2. The molecule has 0 spiro atoms. The van der Waals surface area contributed by atoms with E-state index >= 15 is 0 Å². The fourth-order valence-corrected chi connectivity index (χ4v) is 3.44. The van der Waals surface area contributed by atoms with Crippen LogP contribution in [-0.2, 0) is 6.54 Å². The van der Waals surface area contributed by atoms with Crippen molar-refractivity contribution < 1.29 is 0 Å². The first kappa shape index (κ1) is 14.3. The van der Waals surface area contributed by atoms with Crippen LogP contribution in [0.15, 0.2) is 36.5 Å². The predicted octanol–water partition coefficient (Wildman–Crippen LogP) is 3.85. The van der Waals surface area contributed by atoms with Gasteiger partial charge < -0.3 is 5.32 Å². The highest BCUT2D eigenvalue weighted by Gasteiger charge is 2.21. The van der Waals surface area contributed by atoms with E-state index in [1.807, 2.05) is 6.20 Å². The molecular weight excluding hydrogens is 258 g/mol. The second kappa shape index (κ2) is 6.44. The van der Waals surface area contributed by atoms with Crippen molar-refractivity contribution in [2.75, 3.05) is 0 Å². The van der Waals surface area contributed by atoms with Crippen molar-refractivity contribution in [3.8, 4) is 5.69 Å². The minimum absolute atomic E-state index is 0.590. The Bertz CT molecular complexity index is 567. The summed E-state index contributed by atoms with van der Waals surface area (Å²) in [6.07, 6.45) is 7.56. The van der Waals surface area contributed by atoms with Gasteiger partial charge in [-0.05, 0) is 44.7 Å². The number of benzene rings is 1. The number of nitrogens with zero attached hydrogens (tertiary/aromatic N) is 2. The lowest BCUT2D eigenvalue weighted by Gasteiger charge is -2.21. The highest BCUT2D eigenvalue weighted by atomic mass is 15.1. The van der Waals surface area contributed by atoms with E-state index in [0.29, 0.717) is 6.04 Å². The molecule has 112 valence electrons. The minimum Gasteiger partial charge on any atom is -0.308 e.